The van der Waals surface area contributed by atoms with Crippen molar-refractivity contribution in [1.29, 1.82) is 0 Å². The van der Waals surface area contributed by atoms with Gasteiger partial charge in [0.1, 0.15) is 6.61 Å². The normalized spacial score (nSPS) is 10.5. The molecule has 0 aliphatic heterocycles. The molecule has 4 heteroatoms. The van der Waals surface area contributed by atoms with E-state index >= 15 is 0 Å². The first kappa shape index (κ1) is 13.1. The van der Waals surface area contributed by atoms with Gasteiger partial charge < -0.3 is 10.1 Å². The van der Waals surface area contributed by atoms with Gasteiger partial charge in [-0.15, -0.1) is 11.8 Å². The van der Waals surface area contributed by atoms with Gasteiger partial charge in [0.25, 0.3) is 0 Å². The quantitative estimate of drug-likeness (QED) is 0.803. The minimum atomic E-state index is -0.119. The number of carbonyl (C=O) groups excluding carboxylic acids is 1. The molecular formula is C12H17NO2S. The van der Waals surface area contributed by atoms with Gasteiger partial charge in [-0.05, 0) is 38.3 Å². The van der Waals surface area contributed by atoms with E-state index in [0.29, 0.717) is 0 Å². The summed E-state index contributed by atoms with van der Waals surface area (Å²) in [5.41, 5.74) is 0.809. The minimum Gasteiger partial charge on any atom is -0.369 e. The predicted molar refractivity (Wildman–Crippen MR) is 67.9 cm³/mol. The Balaban J connectivity index is 2.49. The van der Waals surface area contributed by atoms with E-state index in [1.807, 2.05) is 44.4 Å². The second-order valence-corrected chi connectivity index (χ2v) is 4.52. The third kappa shape index (κ3) is 4.68. The van der Waals surface area contributed by atoms with Crippen LogP contribution in [0.4, 0.5) is 5.69 Å². The Morgan fingerprint density at radius 3 is 2.88 bits per heavy atom. The van der Waals surface area contributed by atoms with Crippen LogP contribution in [0.3, 0.4) is 0 Å². The number of thioether (sulfide) groups is 1. The molecule has 0 aliphatic rings. The summed E-state index contributed by atoms with van der Waals surface area (Å²) in [4.78, 5) is 12.6. The first-order valence-electron chi connectivity index (χ1n) is 5.17. The van der Waals surface area contributed by atoms with Crippen LogP contribution in [0.25, 0.3) is 0 Å². The Kier molecular flexibility index (Phi) is 5.35. The van der Waals surface area contributed by atoms with E-state index in [2.05, 4.69) is 5.32 Å². The van der Waals surface area contributed by atoms with Gasteiger partial charge in [-0.2, -0.15) is 0 Å². The van der Waals surface area contributed by atoms with Crippen LogP contribution in [-0.2, 0) is 9.53 Å². The van der Waals surface area contributed by atoms with E-state index in [9.17, 15) is 4.79 Å². The van der Waals surface area contributed by atoms with Gasteiger partial charge in [0.05, 0.1) is 6.10 Å². The van der Waals surface area contributed by atoms with Crippen LogP contribution in [-0.4, -0.2) is 24.9 Å². The highest BCUT2D eigenvalue weighted by Crippen LogP contribution is 2.18. The minimum absolute atomic E-state index is 0.0725. The molecule has 1 aromatic rings. The van der Waals surface area contributed by atoms with Crippen molar-refractivity contribution in [2.24, 2.45) is 0 Å². The van der Waals surface area contributed by atoms with E-state index in [0.717, 1.165) is 10.6 Å². The molecule has 0 bridgehead atoms. The molecule has 0 atom stereocenters. The molecule has 0 spiro atoms. The molecule has 1 N–H and O–H groups in total. The van der Waals surface area contributed by atoms with Gasteiger partial charge in [-0.3, -0.25) is 4.79 Å². The SMILES string of the molecule is CSc1cccc(NC(=O)COC(C)C)c1. The van der Waals surface area contributed by atoms with Crippen molar-refractivity contribution in [3.63, 3.8) is 0 Å². The maximum atomic E-state index is 11.5. The summed E-state index contributed by atoms with van der Waals surface area (Å²) in [6.07, 6.45) is 2.08. The molecule has 0 saturated heterocycles. The van der Waals surface area contributed by atoms with Gasteiger partial charge in [0.2, 0.25) is 5.91 Å². The van der Waals surface area contributed by atoms with Gasteiger partial charge >= 0.3 is 0 Å². The van der Waals surface area contributed by atoms with Crippen molar-refractivity contribution >= 4 is 23.4 Å². The molecule has 0 radical (unpaired) electrons. The molecule has 0 heterocycles. The smallest absolute Gasteiger partial charge is 0.250 e. The Bertz CT molecular complexity index is 353. The summed E-state index contributed by atoms with van der Waals surface area (Å²) in [7, 11) is 0. The average molecular weight is 239 g/mol. The topological polar surface area (TPSA) is 38.3 Å². The van der Waals surface area contributed by atoms with Crippen molar-refractivity contribution in [3.05, 3.63) is 24.3 Å². The van der Waals surface area contributed by atoms with Crippen LogP contribution < -0.4 is 5.32 Å². The van der Waals surface area contributed by atoms with Crippen LogP contribution in [0.2, 0.25) is 0 Å². The Hall–Kier alpha value is -1.00. The second kappa shape index (κ2) is 6.55. The van der Waals surface area contributed by atoms with Crippen molar-refractivity contribution in [1.82, 2.24) is 0 Å². The fourth-order valence-electron chi connectivity index (χ4n) is 1.14. The summed E-state index contributed by atoms with van der Waals surface area (Å²) in [6, 6.07) is 7.74. The molecule has 1 aromatic carbocycles. The van der Waals surface area contributed by atoms with Crippen molar-refractivity contribution in [2.75, 3.05) is 18.2 Å². The Morgan fingerprint density at radius 2 is 2.25 bits per heavy atom. The molecule has 0 aliphatic carbocycles. The number of carbonyl (C=O) groups is 1. The number of hydrogen-bond donors (Lipinski definition) is 1. The molecule has 1 rings (SSSR count). The summed E-state index contributed by atoms with van der Waals surface area (Å²) < 4.78 is 5.22. The molecule has 0 saturated carbocycles. The van der Waals surface area contributed by atoms with Crippen molar-refractivity contribution in [2.45, 2.75) is 24.8 Å². The lowest BCUT2D eigenvalue weighted by molar-refractivity contribution is -0.121. The number of hydrogen-bond acceptors (Lipinski definition) is 3. The zero-order chi connectivity index (χ0) is 12.0. The number of ether oxygens (including phenoxy) is 1. The lowest BCUT2D eigenvalue weighted by Gasteiger charge is -2.09. The van der Waals surface area contributed by atoms with E-state index in [4.69, 9.17) is 4.74 Å². The summed E-state index contributed by atoms with van der Waals surface area (Å²) in [6.45, 7) is 3.91. The molecule has 16 heavy (non-hydrogen) atoms. The van der Waals surface area contributed by atoms with Crippen LogP contribution in [0.15, 0.2) is 29.2 Å². The lowest BCUT2D eigenvalue weighted by Crippen LogP contribution is -2.20. The van der Waals surface area contributed by atoms with Crippen LogP contribution >= 0.6 is 11.8 Å². The Labute approximate surface area is 101 Å². The lowest BCUT2D eigenvalue weighted by atomic mass is 10.3. The standard InChI is InChI=1S/C12H17NO2S/c1-9(2)15-8-12(14)13-10-5-4-6-11(7-10)16-3/h4-7,9H,8H2,1-3H3,(H,13,14). The van der Waals surface area contributed by atoms with Gasteiger partial charge in [0.15, 0.2) is 0 Å². The number of amides is 1. The fourth-order valence-corrected chi connectivity index (χ4v) is 1.60. The predicted octanol–water partition coefficient (Wildman–Crippen LogP) is 2.77. The van der Waals surface area contributed by atoms with E-state index in [-0.39, 0.29) is 18.6 Å². The van der Waals surface area contributed by atoms with E-state index in [1.54, 1.807) is 11.8 Å². The van der Waals surface area contributed by atoms with Crippen LogP contribution in [0, 0.1) is 0 Å². The highest BCUT2D eigenvalue weighted by atomic mass is 32.2. The molecule has 0 unspecified atom stereocenters. The van der Waals surface area contributed by atoms with Crippen LogP contribution in [0.5, 0.6) is 0 Å². The molecule has 3 nitrogen and oxygen atoms in total. The summed E-state index contributed by atoms with van der Waals surface area (Å²) in [5, 5.41) is 2.79. The molecule has 0 fully saturated rings. The second-order valence-electron chi connectivity index (χ2n) is 3.64. The number of anilines is 1. The number of nitrogens with one attached hydrogen (secondary N) is 1. The molecule has 1 amide bonds. The first-order chi connectivity index (χ1) is 7.61. The monoisotopic (exact) mass is 239 g/mol. The van der Waals surface area contributed by atoms with E-state index < -0.39 is 0 Å². The highest BCUT2D eigenvalue weighted by molar-refractivity contribution is 7.98. The van der Waals surface area contributed by atoms with Gasteiger partial charge in [0, 0.05) is 10.6 Å². The van der Waals surface area contributed by atoms with Crippen LogP contribution in [0.1, 0.15) is 13.8 Å². The van der Waals surface area contributed by atoms with Gasteiger partial charge in [-0.25, -0.2) is 0 Å². The maximum absolute atomic E-state index is 11.5. The van der Waals surface area contributed by atoms with Crippen molar-refractivity contribution < 1.29 is 9.53 Å². The molecule has 0 aromatic heterocycles. The summed E-state index contributed by atoms with van der Waals surface area (Å²) >= 11 is 1.65. The Morgan fingerprint density at radius 1 is 1.50 bits per heavy atom. The number of rotatable bonds is 5. The maximum Gasteiger partial charge on any atom is 0.250 e. The van der Waals surface area contributed by atoms with E-state index in [1.165, 1.54) is 0 Å². The third-order valence-corrected chi connectivity index (χ3v) is 2.63. The highest BCUT2D eigenvalue weighted by Gasteiger charge is 2.04. The van der Waals surface area contributed by atoms with Gasteiger partial charge in [-0.1, -0.05) is 6.07 Å². The van der Waals surface area contributed by atoms with Crippen molar-refractivity contribution in [3.8, 4) is 0 Å². The molecular weight excluding hydrogens is 222 g/mol. The third-order valence-electron chi connectivity index (χ3n) is 1.90. The fraction of sp³-hybridized carbons (Fsp3) is 0.417. The summed E-state index contributed by atoms with van der Waals surface area (Å²) in [5.74, 6) is -0.119. The average Bonchev–Trinajstić information content (AvgIpc) is 2.26. The zero-order valence-electron chi connectivity index (χ0n) is 9.82. The largest absolute Gasteiger partial charge is 0.369 e. The first-order valence-corrected chi connectivity index (χ1v) is 6.40. The molecule has 88 valence electrons. The number of benzene rings is 1. The zero-order valence-corrected chi connectivity index (χ0v) is 10.6.